The summed E-state index contributed by atoms with van der Waals surface area (Å²) in [4.78, 5) is 3.49. The van der Waals surface area contributed by atoms with Gasteiger partial charge in [0.25, 0.3) is 0 Å². The molecule has 0 fully saturated rings. The van der Waals surface area contributed by atoms with Gasteiger partial charge in [0, 0.05) is 23.1 Å². The molecule has 0 amide bonds. The minimum Gasteiger partial charge on any atom is -0.497 e. The molecule has 1 aliphatic heterocycles. The average molecular weight is 216 g/mol. The van der Waals surface area contributed by atoms with E-state index in [1.54, 1.807) is 7.11 Å². The van der Waals surface area contributed by atoms with Gasteiger partial charge >= 0.3 is 0 Å². The zero-order chi connectivity index (χ0) is 11.0. The molecule has 1 aromatic carbocycles. The van der Waals surface area contributed by atoms with Crippen LogP contribution in [-0.2, 0) is 13.0 Å². The highest BCUT2D eigenvalue weighted by atomic mass is 16.5. The maximum Gasteiger partial charge on any atom is 0.119 e. The van der Waals surface area contributed by atoms with Gasteiger partial charge < -0.3 is 15.0 Å². The van der Waals surface area contributed by atoms with Gasteiger partial charge in [-0.25, -0.2) is 0 Å². The fourth-order valence-electron chi connectivity index (χ4n) is 2.45. The Kier molecular flexibility index (Phi) is 2.33. The highest BCUT2D eigenvalue weighted by Gasteiger charge is 2.13. The van der Waals surface area contributed by atoms with Crippen LogP contribution >= 0.6 is 0 Å². The highest BCUT2D eigenvalue weighted by molar-refractivity contribution is 5.86. The molecule has 1 aliphatic rings. The third-order valence-electron chi connectivity index (χ3n) is 3.28. The Labute approximate surface area is 94.8 Å². The van der Waals surface area contributed by atoms with Crippen LogP contribution in [0.25, 0.3) is 10.9 Å². The molecular weight excluding hydrogens is 200 g/mol. The maximum absolute atomic E-state index is 5.28. The second kappa shape index (κ2) is 3.83. The largest absolute Gasteiger partial charge is 0.497 e. The van der Waals surface area contributed by atoms with Crippen LogP contribution in [0.15, 0.2) is 18.2 Å². The molecule has 3 nitrogen and oxygen atoms in total. The summed E-state index contributed by atoms with van der Waals surface area (Å²) in [6.07, 6.45) is 2.35. The molecule has 2 aromatic rings. The van der Waals surface area contributed by atoms with Crippen molar-refractivity contribution >= 4 is 10.9 Å². The van der Waals surface area contributed by atoms with Crippen molar-refractivity contribution in [3.63, 3.8) is 0 Å². The molecule has 84 valence electrons. The molecule has 3 rings (SSSR count). The Morgan fingerprint density at radius 2 is 2.25 bits per heavy atom. The van der Waals surface area contributed by atoms with E-state index in [9.17, 15) is 0 Å². The second-order valence-corrected chi connectivity index (χ2v) is 4.27. The lowest BCUT2D eigenvalue weighted by Crippen LogP contribution is -2.12. The SMILES string of the molecule is COc1ccc2[nH]c3c(c2c1)CCCNC3. The molecule has 0 bridgehead atoms. The molecule has 0 aliphatic carbocycles. The average Bonchev–Trinajstić information content (AvgIpc) is 2.50. The van der Waals surface area contributed by atoms with Crippen molar-refractivity contribution < 1.29 is 4.74 Å². The number of ether oxygens (including phenoxy) is 1. The summed E-state index contributed by atoms with van der Waals surface area (Å²) in [5.41, 5.74) is 4.01. The first-order valence-electron chi connectivity index (χ1n) is 5.76. The number of aromatic nitrogens is 1. The molecule has 0 unspecified atom stereocenters. The van der Waals surface area contributed by atoms with Gasteiger partial charge in [0.15, 0.2) is 0 Å². The zero-order valence-electron chi connectivity index (χ0n) is 9.47. The van der Waals surface area contributed by atoms with E-state index < -0.39 is 0 Å². The third kappa shape index (κ3) is 1.48. The summed E-state index contributed by atoms with van der Waals surface area (Å²) in [5.74, 6) is 0.937. The number of aryl methyl sites for hydroxylation is 1. The van der Waals surface area contributed by atoms with Gasteiger partial charge in [0.1, 0.15) is 5.75 Å². The minimum absolute atomic E-state index is 0.937. The van der Waals surface area contributed by atoms with Crippen LogP contribution in [0.3, 0.4) is 0 Å². The van der Waals surface area contributed by atoms with Gasteiger partial charge in [-0.3, -0.25) is 0 Å². The smallest absolute Gasteiger partial charge is 0.119 e. The van der Waals surface area contributed by atoms with Crippen LogP contribution in [0.5, 0.6) is 5.75 Å². The molecular formula is C13H16N2O. The summed E-state index contributed by atoms with van der Waals surface area (Å²) < 4.78 is 5.28. The third-order valence-corrected chi connectivity index (χ3v) is 3.28. The molecule has 0 saturated carbocycles. The van der Waals surface area contributed by atoms with Crippen LogP contribution < -0.4 is 10.1 Å². The minimum atomic E-state index is 0.937. The van der Waals surface area contributed by atoms with Crippen LogP contribution in [0.2, 0.25) is 0 Å². The van der Waals surface area contributed by atoms with Crippen molar-refractivity contribution in [3.05, 3.63) is 29.5 Å². The summed E-state index contributed by atoms with van der Waals surface area (Å²) in [5, 5.41) is 4.75. The van der Waals surface area contributed by atoms with Gasteiger partial charge in [-0.2, -0.15) is 0 Å². The molecule has 2 N–H and O–H groups in total. The number of methoxy groups -OCH3 is 1. The van der Waals surface area contributed by atoms with Gasteiger partial charge in [-0.05, 0) is 43.1 Å². The monoisotopic (exact) mass is 216 g/mol. The Bertz CT molecular complexity index is 516. The number of benzene rings is 1. The summed E-state index contributed by atoms with van der Waals surface area (Å²) in [6.45, 7) is 2.06. The lowest BCUT2D eigenvalue weighted by atomic mass is 10.1. The number of hydrogen-bond acceptors (Lipinski definition) is 2. The summed E-state index contributed by atoms with van der Waals surface area (Å²) >= 11 is 0. The van der Waals surface area contributed by atoms with Gasteiger partial charge in [-0.1, -0.05) is 0 Å². The molecule has 0 atom stereocenters. The van der Waals surface area contributed by atoms with E-state index in [4.69, 9.17) is 4.74 Å². The van der Waals surface area contributed by atoms with E-state index in [1.165, 1.54) is 28.6 Å². The molecule has 0 radical (unpaired) electrons. The standard InChI is InChI=1S/C13H16N2O/c1-16-9-4-5-12-11(7-9)10-3-2-6-14-8-13(10)15-12/h4-5,7,14-15H,2-3,6,8H2,1H3. The van der Waals surface area contributed by atoms with Crippen molar-refractivity contribution in [1.29, 1.82) is 0 Å². The number of fused-ring (bicyclic) bond motifs is 3. The van der Waals surface area contributed by atoms with Crippen LogP contribution in [0.1, 0.15) is 17.7 Å². The van der Waals surface area contributed by atoms with Crippen molar-refractivity contribution in [3.8, 4) is 5.75 Å². The lowest BCUT2D eigenvalue weighted by molar-refractivity contribution is 0.415. The molecule has 2 heterocycles. The van der Waals surface area contributed by atoms with Crippen molar-refractivity contribution in [2.45, 2.75) is 19.4 Å². The Morgan fingerprint density at radius 3 is 3.12 bits per heavy atom. The fraction of sp³-hybridized carbons (Fsp3) is 0.385. The van der Waals surface area contributed by atoms with E-state index in [-0.39, 0.29) is 0 Å². The van der Waals surface area contributed by atoms with E-state index in [0.717, 1.165) is 25.3 Å². The zero-order valence-corrected chi connectivity index (χ0v) is 9.47. The number of hydrogen-bond donors (Lipinski definition) is 2. The topological polar surface area (TPSA) is 37.0 Å². The number of aromatic amines is 1. The van der Waals surface area contributed by atoms with Crippen LogP contribution in [-0.4, -0.2) is 18.6 Å². The first-order valence-corrected chi connectivity index (χ1v) is 5.76. The van der Waals surface area contributed by atoms with Crippen molar-refractivity contribution in [2.24, 2.45) is 0 Å². The van der Waals surface area contributed by atoms with E-state index in [0.29, 0.717) is 0 Å². The first-order chi connectivity index (χ1) is 7.88. The van der Waals surface area contributed by atoms with Crippen LogP contribution in [0.4, 0.5) is 0 Å². The van der Waals surface area contributed by atoms with Crippen LogP contribution in [0, 0.1) is 0 Å². The molecule has 0 saturated heterocycles. The van der Waals surface area contributed by atoms with Gasteiger partial charge in [0.2, 0.25) is 0 Å². The normalized spacial score (nSPS) is 15.8. The Hall–Kier alpha value is -1.48. The Morgan fingerprint density at radius 1 is 1.31 bits per heavy atom. The van der Waals surface area contributed by atoms with E-state index in [1.807, 2.05) is 6.07 Å². The van der Waals surface area contributed by atoms with Crippen molar-refractivity contribution in [2.75, 3.05) is 13.7 Å². The quantitative estimate of drug-likeness (QED) is 0.767. The van der Waals surface area contributed by atoms with Gasteiger partial charge in [0.05, 0.1) is 7.11 Å². The summed E-state index contributed by atoms with van der Waals surface area (Å²) in [7, 11) is 1.72. The molecule has 16 heavy (non-hydrogen) atoms. The second-order valence-electron chi connectivity index (χ2n) is 4.27. The molecule has 0 spiro atoms. The fourth-order valence-corrected chi connectivity index (χ4v) is 2.45. The predicted octanol–water partition coefficient (Wildman–Crippen LogP) is 2.21. The lowest BCUT2D eigenvalue weighted by Gasteiger charge is -2.01. The number of rotatable bonds is 1. The number of H-pyrrole nitrogens is 1. The Balaban J connectivity index is 2.19. The van der Waals surface area contributed by atoms with E-state index >= 15 is 0 Å². The number of nitrogens with one attached hydrogen (secondary N) is 2. The molecule has 3 heteroatoms. The summed E-state index contributed by atoms with van der Waals surface area (Å²) in [6, 6.07) is 6.24. The maximum atomic E-state index is 5.28. The molecule has 1 aromatic heterocycles. The highest BCUT2D eigenvalue weighted by Crippen LogP contribution is 2.28. The van der Waals surface area contributed by atoms with Gasteiger partial charge in [-0.15, -0.1) is 0 Å². The first kappa shape index (κ1) is 9.73. The van der Waals surface area contributed by atoms with Crippen molar-refractivity contribution in [1.82, 2.24) is 10.3 Å². The van der Waals surface area contributed by atoms with E-state index in [2.05, 4.69) is 22.4 Å². The predicted molar refractivity (Wildman–Crippen MR) is 64.9 cm³/mol.